The van der Waals surface area contributed by atoms with E-state index in [1.165, 1.54) is 11.1 Å². The van der Waals surface area contributed by atoms with E-state index >= 15 is 0 Å². The molecule has 0 bridgehead atoms. The van der Waals surface area contributed by atoms with Gasteiger partial charge in [0.2, 0.25) is 0 Å². The first-order valence-corrected chi connectivity index (χ1v) is 7.44. The predicted molar refractivity (Wildman–Crippen MR) is 86.9 cm³/mol. The fourth-order valence-corrected chi connectivity index (χ4v) is 3.14. The zero-order chi connectivity index (χ0) is 14.7. The smallest absolute Gasteiger partial charge is 0.120 e. The van der Waals surface area contributed by atoms with E-state index in [0.29, 0.717) is 6.54 Å². The maximum absolute atomic E-state index is 6.12. The number of ether oxygens (including phenoxy) is 1. The van der Waals surface area contributed by atoms with Crippen molar-refractivity contribution in [2.45, 2.75) is 24.8 Å². The molecule has 0 fully saturated rings. The van der Waals surface area contributed by atoms with Crippen molar-refractivity contribution < 1.29 is 4.74 Å². The van der Waals surface area contributed by atoms with Gasteiger partial charge in [-0.3, -0.25) is 0 Å². The molecule has 0 saturated heterocycles. The molecule has 0 amide bonds. The van der Waals surface area contributed by atoms with Crippen LogP contribution in [0.3, 0.4) is 0 Å². The first-order valence-electron chi connectivity index (χ1n) is 7.44. The molecular formula is C18H22N2O. The van der Waals surface area contributed by atoms with Crippen LogP contribution in [0.4, 0.5) is 5.69 Å². The Hall–Kier alpha value is -2.00. The molecule has 0 heterocycles. The van der Waals surface area contributed by atoms with Gasteiger partial charge in [0.25, 0.3) is 0 Å². The van der Waals surface area contributed by atoms with Crippen LogP contribution in [0.25, 0.3) is 0 Å². The van der Waals surface area contributed by atoms with Crippen molar-refractivity contribution >= 4 is 5.69 Å². The number of fused-ring (bicyclic) bond motifs is 1. The van der Waals surface area contributed by atoms with Gasteiger partial charge < -0.3 is 15.8 Å². The lowest BCUT2D eigenvalue weighted by Gasteiger charge is -2.39. The summed E-state index contributed by atoms with van der Waals surface area (Å²) in [6.45, 7) is 0.624. The van der Waals surface area contributed by atoms with Gasteiger partial charge in [0.15, 0.2) is 0 Å². The van der Waals surface area contributed by atoms with Gasteiger partial charge in [0, 0.05) is 18.3 Å². The van der Waals surface area contributed by atoms with Crippen LogP contribution in [0.1, 0.15) is 17.5 Å². The summed E-state index contributed by atoms with van der Waals surface area (Å²) in [4.78, 5) is 0. The highest BCUT2D eigenvalue weighted by atomic mass is 16.5. The molecule has 1 aliphatic rings. The standard InChI is InChI=1S/C18H22N2O/c1-21-17-8-4-7-16(11-17)20-18(13-19)10-9-14-5-2-3-6-15(14)12-18/h2-8,11,20H,9-10,12-13,19H2,1H3. The fourth-order valence-electron chi connectivity index (χ4n) is 3.14. The minimum atomic E-state index is -0.0687. The summed E-state index contributed by atoms with van der Waals surface area (Å²) < 4.78 is 5.30. The van der Waals surface area contributed by atoms with Gasteiger partial charge in [0.1, 0.15) is 5.75 Å². The molecule has 0 aromatic heterocycles. The molecule has 0 spiro atoms. The second-order valence-electron chi connectivity index (χ2n) is 5.79. The third-order valence-corrected chi connectivity index (χ3v) is 4.39. The Balaban J connectivity index is 1.85. The summed E-state index contributed by atoms with van der Waals surface area (Å²) in [7, 11) is 1.69. The number of nitrogens with one attached hydrogen (secondary N) is 1. The van der Waals surface area contributed by atoms with E-state index in [1.54, 1.807) is 7.11 Å². The number of benzene rings is 2. The van der Waals surface area contributed by atoms with E-state index in [9.17, 15) is 0 Å². The molecule has 21 heavy (non-hydrogen) atoms. The van der Waals surface area contributed by atoms with E-state index < -0.39 is 0 Å². The third-order valence-electron chi connectivity index (χ3n) is 4.39. The highest BCUT2D eigenvalue weighted by Gasteiger charge is 2.33. The first kappa shape index (κ1) is 14.0. The van der Waals surface area contributed by atoms with Crippen molar-refractivity contribution in [2.75, 3.05) is 19.0 Å². The Morgan fingerprint density at radius 3 is 2.71 bits per heavy atom. The average Bonchev–Trinajstić information content (AvgIpc) is 2.55. The first-order chi connectivity index (χ1) is 10.2. The van der Waals surface area contributed by atoms with Crippen molar-refractivity contribution in [1.29, 1.82) is 0 Å². The number of methoxy groups -OCH3 is 1. The Morgan fingerprint density at radius 2 is 1.95 bits per heavy atom. The van der Waals surface area contributed by atoms with E-state index in [0.717, 1.165) is 30.7 Å². The number of aryl methyl sites for hydroxylation is 1. The van der Waals surface area contributed by atoms with Crippen LogP contribution in [0.2, 0.25) is 0 Å². The molecule has 3 rings (SSSR count). The molecule has 3 heteroatoms. The molecule has 2 aromatic carbocycles. The maximum atomic E-state index is 6.12. The molecule has 110 valence electrons. The van der Waals surface area contributed by atoms with Crippen molar-refractivity contribution in [1.82, 2.24) is 0 Å². The van der Waals surface area contributed by atoms with Crippen molar-refractivity contribution in [3.8, 4) is 5.75 Å². The van der Waals surface area contributed by atoms with Gasteiger partial charge in [-0.15, -0.1) is 0 Å². The molecule has 1 unspecified atom stereocenters. The number of rotatable bonds is 4. The van der Waals surface area contributed by atoms with Crippen LogP contribution in [0, 0.1) is 0 Å². The van der Waals surface area contributed by atoms with Crippen molar-refractivity contribution in [2.24, 2.45) is 5.73 Å². The van der Waals surface area contributed by atoms with E-state index in [4.69, 9.17) is 10.5 Å². The number of hydrogen-bond acceptors (Lipinski definition) is 3. The van der Waals surface area contributed by atoms with Crippen LogP contribution in [-0.4, -0.2) is 19.2 Å². The highest BCUT2D eigenvalue weighted by Crippen LogP contribution is 2.32. The van der Waals surface area contributed by atoms with Crippen LogP contribution in [0.15, 0.2) is 48.5 Å². The lowest BCUT2D eigenvalue weighted by molar-refractivity contribution is 0.410. The topological polar surface area (TPSA) is 47.3 Å². The molecule has 1 atom stereocenters. The van der Waals surface area contributed by atoms with Gasteiger partial charge in [-0.1, -0.05) is 30.3 Å². The minimum Gasteiger partial charge on any atom is -0.497 e. The normalized spacial score (nSPS) is 20.7. The Kier molecular flexibility index (Phi) is 3.84. The summed E-state index contributed by atoms with van der Waals surface area (Å²) >= 11 is 0. The molecule has 3 N–H and O–H groups in total. The second kappa shape index (κ2) is 5.78. The van der Waals surface area contributed by atoms with Gasteiger partial charge in [-0.25, -0.2) is 0 Å². The maximum Gasteiger partial charge on any atom is 0.120 e. The van der Waals surface area contributed by atoms with Gasteiger partial charge >= 0.3 is 0 Å². The molecule has 0 saturated carbocycles. The summed E-state index contributed by atoms with van der Waals surface area (Å²) in [5.41, 5.74) is 9.98. The zero-order valence-corrected chi connectivity index (χ0v) is 12.4. The average molecular weight is 282 g/mol. The molecular weight excluding hydrogens is 260 g/mol. The number of nitrogens with two attached hydrogens (primary N) is 1. The summed E-state index contributed by atoms with van der Waals surface area (Å²) in [6, 6.07) is 16.7. The molecule has 0 radical (unpaired) electrons. The predicted octanol–water partition coefficient (Wildman–Crippen LogP) is 2.99. The minimum absolute atomic E-state index is 0.0687. The Bertz CT molecular complexity index is 626. The van der Waals surface area contributed by atoms with Crippen LogP contribution in [-0.2, 0) is 12.8 Å². The summed E-state index contributed by atoms with van der Waals surface area (Å²) in [6.07, 6.45) is 3.10. The molecule has 2 aromatic rings. The van der Waals surface area contributed by atoms with E-state index in [1.807, 2.05) is 18.2 Å². The molecule has 3 nitrogen and oxygen atoms in total. The number of hydrogen-bond donors (Lipinski definition) is 2. The summed E-state index contributed by atoms with van der Waals surface area (Å²) in [5, 5.41) is 3.65. The quantitative estimate of drug-likeness (QED) is 0.906. The van der Waals surface area contributed by atoms with Gasteiger partial charge in [-0.05, 0) is 42.5 Å². The monoisotopic (exact) mass is 282 g/mol. The van der Waals surface area contributed by atoms with Gasteiger partial charge in [0.05, 0.1) is 12.6 Å². The van der Waals surface area contributed by atoms with Crippen molar-refractivity contribution in [3.63, 3.8) is 0 Å². The molecule has 1 aliphatic carbocycles. The van der Waals surface area contributed by atoms with Crippen LogP contribution in [0.5, 0.6) is 5.75 Å². The Morgan fingerprint density at radius 1 is 1.14 bits per heavy atom. The van der Waals surface area contributed by atoms with Crippen molar-refractivity contribution in [3.05, 3.63) is 59.7 Å². The van der Waals surface area contributed by atoms with E-state index in [-0.39, 0.29) is 5.54 Å². The zero-order valence-electron chi connectivity index (χ0n) is 12.4. The Labute approximate surface area is 126 Å². The highest BCUT2D eigenvalue weighted by molar-refractivity contribution is 5.51. The third kappa shape index (κ3) is 2.88. The van der Waals surface area contributed by atoms with Gasteiger partial charge in [-0.2, -0.15) is 0 Å². The number of anilines is 1. The molecule has 0 aliphatic heterocycles. The lowest BCUT2D eigenvalue weighted by atomic mass is 9.78. The largest absolute Gasteiger partial charge is 0.497 e. The second-order valence-corrected chi connectivity index (χ2v) is 5.79. The fraction of sp³-hybridized carbons (Fsp3) is 0.333. The SMILES string of the molecule is COc1cccc(NC2(CN)CCc3ccccc3C2)c1. The summed E-state index contributed by atoms with van der Waals surface area (Å²) in [5.74, 6) is 0.864. The van der Waals surface area contributed by atoms with Crippen LogP contribution >= 0.6 is 0 Å². The van der Waals surface area contributed by atoms with Crippen LogP contribution < -0.4 is 15.8 Å². The van der Waals surface area contributed by atoms with E-state index in [2.05, 4.69) is 35.6 Å². The lowest BCUT2D eigenvalue weighted by Crippen LogP contribution is -2.49.